The molecule has 8 rings (SSSR count). The Hall–Kier alpha value is -5.34. The third-order valence-electron chi connectivity index (χ3n) is 9.39. The van der Waals surface area contributed by atoms with Crippen molar-refractivity contribution in [2.24, 2.45) is 0 Å². The molecule has 212 valence electrons. The highest BCUT2D eigenvalue weighted by molar-refractivity contribution is 6.10. The molecule has 0 aliphatic carbocycles. The van der Waals surface area contributed by atoms with Gasteiger partial charge in [0.1, 0.15) is 0 Å². The van der Waals surface area contributed by atoms with Crippen molar-refractivity contribution >= 4 is 49.7 Å². The number of para-hydroxylation sites is 2. The fourth-order valence-electron chi connectivity index (χ4n) is 6.81. The molecule has 2 nitrogen and oxygen atoms in total. The third-order valence-corrected chi connectivity index (χ3v) is 9.39. The van der Waals surface area contributed by atoms with Gasteiger partial charge in [0.05, 0.1) is 22.1 Å². The molecule has 0 bridgehead atoms. The lowest BCUT2D eigenvalue weighted by Gasteiger charge is -2.12. The third kappa shape index (κ3) is 4.10. The molecule has 8 aromatic rings. The number of aromatic nitrogens is 2. The van der Waals surface area contributed by atoms with Gasteiger partial charge in [-0.15, -0.1) is 0 Å². The zero-order valence-corrected chi connectivity index (χ0v) is 25.2. The molecule has 0 saturated heterocycles. The Morgan fingerprint density at radius 2 is 1.02 bits per heavy atom. The van der Waals surface area contributed by atoms with Crippen LogP contribution < -0.4 is 0 Å². The molecule has 1 atom stereocenters. The van der Waals surface area contributed by atoms with Crippen LogP contribution in [0, 0.1) is 0 Å². The van der Waals surface area contributed by atoms with E-state index in [9.17, 15) is 0 Å². The molecule has 0 fully saturated rings. The van der Waals surface area contributed by atoms with Crippen molar-refractivity contribution in [3.05, 3.63) is 151 Å². The summed E-state index contributed by atoms with van der Waals surface area (Å²) in [5.41, 5.74) is 12.2. The van der Waals surface area contributed by atoms with Crippen molar-refractivity contribution < 1.29 is 0 Å². The molecule has 0 amide bonds. The van der Waals surface area contributed by atoms with Gasteiger partial charge in [-0.2, -0.15) is 0 Å². The van der Waals surface area contributed by atoms with Crippen LogP contribution in [0.3, 0.4) is 0 Å². The topological polar surface area (TPSA) is 9.86 Å². The van der Waals surface area contributed by atoms with Gasteiger partial charge in [0, 0.05) is 32.9 Å². The van der Waals surface area contributed by atoms with Crippen LogP contribution >= 0.6 is 0 Å². The summed E-state index contributed by atoms with van der Waals surface area (Å²) in [5, 5.41) is 5.13. The Bertz CT molecular complexity index is 2330. The van der Waals surface area contributed by atoms with Gasteiger partial charge in [0.2, 0.25) is 0 Å². The predicted molar refractivity (Wildman–Crippen MR) is 189 cm³/mol. The lowest BCUT2D eigenvalue weighted by molar-refractivity contribution is 0.735. The highest BCUT2D eigenvalue weighted by atomic mass is 15.0. The number of benzene rings is 6. The Kier molecular flexibility index (Phi) is 6.23. The van der Waals surface area contributed by atoms with Gasteiger partial charge < -0.3 is 9.13 Å². The SMILES string of the molecule is C=Cc1ccc2c(c1)c1ccccc1n2-c1ccc(-c2ccc(-n3c4ccccc4c4cc(C(C)CC)ccc43)cc2)cc1. The average Bonchev–Trinajstić information content (AvgIpc) is 3.60. The van der Waals surface area contributed by atoms with E-state index in [0.717, 1.165) is 17.7 Å². The molecule has 1 unspecified atom stereocenters. The fraction of sp³-hybridized carbons (Fsp3) is 0.0952. The van der Waals surface area contributed by atoms with Gasteiger partial charge >= 0.3 is 0 Å². The molecule has 44 heavy (non-hydrogen) atoms. The molecule has 2 aromatic heterocycles. The minimum Gasteiger partial charge on any atom is -0.309 e. The standard InChI is InChI=1S/C42H34N2/c1-4-28(3)32-19-25-42-38(27-32)36-11-7-9-13-40(36)44(42)34-22-17-31(18-23-34)30-15-20-33(21-16-30)43-39-12-8-6-10-35(39)37-26-29(5-2)14-24-41(37)43/h5-28H,2,4H2,1,3H3. The molecule has 0 radical (unpaired) electrons. The predicted octanol–water partition coefficient (Wildman–Crippen LogP) is 11.7. The summed E-state index contributed by atoms with van der Waals surface area (Å²) in [6.07, 6.45) is 3.05. The quantitative estimate of drug-likeness (QED) is 0.189. The van der Waals surface area contributed by atoms with Crippen LogP contribution in [0.5, 0.6) is 0 Å². The van der Waals surface area contributed by atoms with Crippen molar-refractivity contribution in [2.75, 3.05) is 0 Å². The van der Waals surface area contributed by atoms with E-state index in [1.807, 2.05) is 6.08 Å². The Morgan fingerprint density at radius 3 is 1.55 bits per heavy atom. The largest absolute Gasteiger partial charge is 0.309 e. The molecule has 0 aliphatic rings. The van der Waals surface area contributed by atoms with Gasteiger partial charge in [-0.05, 0) is 95.3 Å². The number of hydrogen-bond donors (Lipinski definition) is 0. The van der Waals surface area contributed by atoms with E-state index in [1.165, 1.54) is 66.0 Å². The van der Waals surface area contributed by atoms with Gasteiger partial charge in [0.15, 0.2) is 0 Å². The van der Waals surface area contributed by atoms with Crippen LogP contribution in [0.15, 0.2) is 140 Å². The first-order valence-corrected chi connectivity index (χ1v) is 15.5. The summed E-state index contributed by atoms with van der Waals surface area (Å²) in [6.45, 7) is 8.54. The first kappa shape index (κ1) is 26.3. The molecule has 0 aliphatic heterocycles. The monoisotopic (exact) mass is 566 g/mol. The summed E-state index contributed by atoms with van der Waals surface area (Å²) in [7, 11) is 0. The average molecular weight is 567 g/mol. The Morgan fingerprint density at radius 1 is 0.545 bits per heavy atom. The van der Waals surface area contributed by atoms with Crippen molar-refractivity contribution in [1.29, 1.82) is 0 Å². The zero-order valence-electron chi connectivity index (χ0n) is 25.2. The molecular formula is C42H34N2. The van der Waals surface area contributed by atoms with E-state index >= 15 is 0 Å². The van der Waals surface area contributed by atoms with Crippen LogP contribution in [0.1, 0.15) is 37.3 Å². The van der Waals surface area contributed by atoms with Crippen molar-refractivity contribution in [3.63, 3.8) is 0 Å². The van der Waals surface area contributed by atoms with Crippen molar-refractivity contribution in [1.82, 2.24) is 9.13 Å². The Labute approximate surface area is 258 Å². The van der Waals surface area contributed by atoms with Crippen LogP contribution in [-0.2, 0) is 0 Å². The highest BCUT2D eigenvalue weighted by Crippen LogP contribution is 2.36. The molecule has 2 heteroatoms. The van der Waals surface area contributed by atoms with Gasteiger partial charge in [-0.25, -0.2) is 0 Å². The van der Waals surface area contributed by atoms with Crippen LogP contribution in [0.2, 0.25) is 0 Å². The molecular weight excluding hydrogens is 532 g/mol. The van der Waals surface area contributed by atoms with Gasteiger partial charge in [-0.1, -0.05) is 99.3 Å². The van der Waals surface area contributed by atoms with Crippen LogP contribution in [-0.4, -0.2) is 9.13 Å². The summed E-state index contributed by atoms with van der Waals surface area (Å²) >= 11 is 0. The smallest absolute Gasteiger partial charge is 0.0541 e. The molecule has 2 heterocycles. The van der Waals surface area contributed by atoms with E-state index in [1.54, 1.807) is 0 Å². The minimum absolute atomic E-state index is 0.548. The number of nitrogens with zero attached hydrogens (tertiary/aromatic N) is 2. The fourth-order valence-corrected chi connectivity index (χ4v) is 6.81. The van der Waals surface area contributed by atoms with E-state index in [-0.39, 0.29) is 0 Å². The van der Waals surface area contributed by atoms with Crippen LogP contribution in [0.4, 0.5) is 0 Å². The second-order valence-corrected chi connectivity index (χ2v) is 11.9. The van der Waals surface area contributed by atoms with E-state index < -0.39 is 0 Å². The van der Waals surface area contributed by atoms with E-state index in [2.05, 4.69) is 163 Å². The van der Waals surface area contributed by atoms with Crippen LogP contribution in [0.25, 0.3) is 72.2 Å². The maximum absolute atomic E-state index is 3.97. The van der Waals surface area contributed by atoms with E-state index in [4.69, 9.17) is 0 Å². The zero-order chi connectivity index (χ0) is 29.8. The normalized spacial score (nSPS) is 12.4. The summed E-state index contributed by atoms with van der Waals surface area (Å²) in [4.78, 5) is 0. The molecule has 6 aromatic carbocycles. The molecule has 0 N–H and O–H groups in total. The minimum atomic E-state index is 0.548. The lowest BCUT2D eigenvalue weighted by atomic mass is 9.97. The van der Waals surface area contributed by atoms with Crippen molar-refractivity contribution in [2.45, 2.75) is 26.2 Å². The summed E-state index contributed by atoms with van der Waals surface area (Å²) in [6, 6.07) is 48.9. The number of rotatable bonds is 6. The lowest BCUT2D eigenvalue weighted by Crippen LogP contribution is -1.95. The molecule has 0 spiro atoms. The van der Waals surface area contributed by atoms with Gasteiger partial charge in [0.25, 0.3) is 0 Å². The summed E-state index contributed by atoms with van der Waals surface area (Å²) in [5.74, 6) is 0.548. The number of hydrogen-bond acceptors (Lipinski definition) is 0. The van der Waals surface area contributed by atoms with E-state index in [0.29, 0.717) is 5.92 Å². The van der Waals surface area contributed by atoms with Gasteiger partial charge in [-0.3, -0.25) is 0 Å². The number of fused-ring (bicyclic) bond motifs is 6. The highest BCUT2D eigenvalue weighted by Gasteiger charge is 2.15. The maximum atomic E-state index is 3.97. The summed E-state index contributed by atoms with van der Waals surface area (Å²) < 4.78 is 4.76. The van der Waals surface area contributed by atoms with Crippen molar-refractivity contribution in [3.8, 4) is 22.5 Å². The second-order valence-electron chi connectivity index (χ2n) is 11.9. The Balaban J connectivity index is 1.17. The first-order valence-electron chi connectivity index (χ1n) is 15.5. The maximum Gasteiger partial charge on any atom is 0.0541 e. The molecule has 0 saturated carbocycles. The second kappa shape index (κ2) is 10.4. The first-order chi connectivity index (χ1) is 21.6.